The zero-order valence-corrected chi connectivity index (χ0v) is 24.7. The molecule has 8 nitrogen and oxygen atoms in total. The molecule has 1 unspecified atom stereocenters. The summed E-state index contributed by atoms with van der Waals surface area (Å²) in [4.78, 5) is 37.8. The van der Waals surface area contributed by atoms with Gasteiger partial charge in [-0.15, -0.1) is 0 Å². The summed E-state index contributed by atoms with van der Waals surface area (Å²) in [6.45, 7) is 4.90. The fourth-order valence-corrected chi connectivity index (χ4v) is 6.41. The molecule has 2 aliphatic heterocycles. The molecule has 0 saturated carbocycles. The number of rotatable bonds is 7. The Morgan fingerprint density at radius 3 is 2.45 bits per heavy atom. The maximum atomic E-state index is 12.7. The van der Waals surface area contributed by atoms with Crippen molar-refractivity contribution < 1.29 is 9.53 Å². The van der Waals surface area contributed by atoms with Gasteiger partial charge >= 0.3 is 11.7 Å². The van der Waals surface area contributed by atoms with E-state index in [1.165, 1.54) is 5.56 Å². The first-order chi connectivity index (χ1) is 21.6. The lowest BCUT2D eigenvalue weighted by atomic mass is 10.0. The Kier molecular flexibility index (Phi) is 7.58. The van der Waals surface area contributed by atoms with Crippen LogP contribution in [0.4, 0.5) is 5.69 Å². The topological polar surface area (TPSA) is 82.9 Å². The highest BCUT2D eigenvalue weighted by molar-refractivity contribution is 5.89. The highest BCUT2D eigenvalue weighted by Gasteiger charge is 2.25. The van der Waals surface area contributed by atoms with Crippen molar-refractivity contribution in [3.05, 3.63) is 135 Å². The average molecular weight is 586 g/mol. The number of anilines is 1. The first kappa shape index (κ1) is 27.9. The molecule has 44 heavy (non-hydrogen) atoms. The fraction of sp³-hybridized carbons (Fsp3) is 0.250. The monoisotopic (exact) mass is 585 g/mol. The number of benzene rings is 4. The summed E-state index contributed by atoms with van der Waals surface area (Å²) >= 11 is 0. The number of nitrogens with one attached hydrogen (secondary N) is 1. The lowest BCUT2D eigenvalue weighted by molar-refractivity contribution is 0.0526. The van der Waals surface area contributed by atoms with Crippen LogP contribution in [-0.2, 0) is 11.3 Å². The number of carbonyl (C=O) groups is 1. The van der Waals surface area contributed by atoms with Gasteiger partial charge in [-0.2, -0.15) is 0 Å². The van der Waals surface area contributed by atoms with Gasteiger partial charge in [0.05, 0.1) is 28.6 Å². The lowest BCUT2D eigenvalue weighted by Crippen LogP contribution is -2.38. The van der Waals surface area contributed by atoms with Crippen LogP contribution in [0.1, 0.15) is 53.5 Å². The second-order valence-electron chi connectivity index (χ2n) is 11.4. The van der Waals surface area contributed by atoms with Crippen molar-refractivity contribution >= 4 is 28.9 Å². The van der Waals surface area contributed by atoms with Crippen molar-refractivity contribution in [3.63, 3.8) is 0 Å². The molecule has 1 saturated heterocycles. The van der Waals surface area contributed by atoms with E-state index in [-0.39, 0.29) is 23.9 Å². The van der Waals surface area contributed by atoms with Gasteiger partial charge in [0.25, 0.3) is 0 Å². The zero-order chi connectivity index (χ0) is 30.0. The average Bonchev–Trinajstić information content (AvgIpc) is 3.40. The SMILES string of the molecule is CCOC(=O)c1ccc2c(c1)=CN(c1ccccc1)C(c1ccc(CN3CCC(n4c(=O)[nH]c5ccccc54)CC3)cc1)N=2. The van der Waals surface area contributed by atoms with E-state index in [9.17, 15) is 9.59 Å². The van der Waals surface area contributed by atoms with Gasteiger partial charge in [0.2, 0.25) is 0 Å². The predicted molar refractivity (Wildman–Crippen MR) is 172 cm³/mol. The molecular weight excluding hydrogens is 550 g/mol. The van der Waals surface area contributed by atoms with E-state index in [1.54, 1.807) is 6.07 Å². The molecule has 1 atom stereocenters. The summed E-state index contributed by atoms with van der Waals surface area (Å²) in [6, 6.07) is 32.6. The number of nitrogens with zero attached hydrogens (tertiary/aromatic N) is 4. The minimum absolute atomic E-state index is 0.0165. The van der Waals surface area contributed by atoms with E-state index in [0.717, 1.165) is 65.3 Å². The number of imidazole rings is 1. The number of carbonyl (C=O) groups excluding carboxylic acids is 1. The second-order valence-corrected chi connectivity index (χ2v) is 11.4. The highest BCUT2D eigenvalue weighted by Crippen LogP contribution is 2.30. The van der Waals surface area contributed by atoms with E-state index in [0.29, 0.717) is 12.2 Å². The van der Waals surface area contributed by atoms with Crippen molar-refractivity contribution in [1.29, 1.82) is 0 Å². The van der Waals surface area contributed by atoms with Gasteiger partial charge in [-0.3, -0.25) is 14.5 Å². The van der Waals surface area contributed by atoms with Crippen LogP contribution in [0.5, 0.6) is 0 Å². The van der Waals surface area contributed by atoms with E-state index in [2.05, 4.69) is 57.4 Å². The summed E-state index contributed by atoms with van der Waals surface area (Å²) in [5, 5.41) is 1.72. The highest BCUT2D eigenvalue weighted by atomic mass is 16.5. The molecule has 0 bridgehead atoms. The number of esters is 1. The Morgan fingerprint density at radius 2 is 1.68 bits per heavy atom. The summed E-state index contributed by atoms with van der Waals surface area (Å²) in [5.41, 5.74) is 5.76. The van der Waals surface area contributed by atoms with Crippen molar-refractivity contribution in [2.45, 2.75) is 38.5 Å². The first-order valence-electron chi connectivity index (χ1n) is 15.3. The Bertz CT molecular complexity index is 1970. The maximum absolute atomic E-state index is 12.7. The summed E-state index contributed by atoms with van der Waals surface area (Å²) < 4.78 is 7.16. The van der Waals surface area contributed by atoms with Crippen LogP contribution in [0, 0.1) is 0 Å². The molecule has 4 aromatic carbocycles. The molecule has 8 heteroatoms. The normalized spacial score (nSPS) is 17.1. The van der Waals surface area contributed by atoms with E-state index in [1.807, 2.05) is 66.1 Å². The fourth-order valence-electron chi connectivity index (χ4n) is 6.41. The molecule has 7 rings (SSSR count). The van der Waals surface area contributed by atoms with Crippen LogP contribution in [0.3, 0.4) is 0 Å². The molecule has 222 valence electrons. The Labute approximate surface area is 255 Å². The molecule has 5 aromatic rings. The van der Waals surface area contributed by atoms with Crippen LogP contribution in [0.2, 0.25) is 0 Å². The Balaban J connectivity index is 1.09. The number of aromatic amines is 1. The minimum Gasteiger partial charge on any atom is -0.462 e. The third-order valence-electron chi connectivity index (χ3n) is 8.63. The number of ether oxygens (including phenoxy) is 1. The summed E-state index contributed by atoms with van der Waals surface area (Å²) in [7, 11) is 0. The third kappa shape index (κ3) is 5.44. The third-order valence-corrected chi connectivity index (χ3v) is 8.63. The number of fused-ring (bicyclic) bond motifs is 2. The van der Waals surface area contributed by atoms with Gasteiger partial charge in [-0.25, -0.2) is 9.59 Å². The number of hydrogen-bond acceptors (Lipinski definition) is 6. The van der Waals surface area contributed by atoms with Crippen LogP contribution in [0.15, 0.2) is 107 Å². The Morgan fingerprint density at radius 1 is 0.932 bits per heavy atom. The zero-order valence-electron chi connectivity index (χ0n) is 24.7. The smallest absolute Gasteiger partial charge is 0.338 e. The van der Waals surface area contributed by atoms with E-state index < -0.39 is 0 Å². The number of aromatic nitrogens is 2. The summed E-state index contributed by atoms with van der Waals surface area (Å²) in [5.74, 6) is -0.330. The number of H-pyrrole nitrogens is 1. The lowest BCUT2D eigenvalue weighted by Gasteiger charge is -2.33. The van der Waals surface area contributed by atoms with Crippen LogP contribution in [0.25, 0.3) is 17.2 Å². The van der Waals surface area contributed by atoms with E-state index >= 15 is 0 Å². The molecule has 2 aliphatic rings. The molecule has 3 heterocycles. The second kappa shape index (κ2) is 12.0. The predicted octanol–water partition coefficient (Wildman–Crippen LogP) is 4.92. The molecule has 1 fully saturated rings. The van der Waals surface area contributed by atoms with Gasteiger partial charge in [0, 0.05) is 42.8 Å². The van der Waals surface area contributed by atoms with Crippen LogP contribution >= 0.6 is 0 Å². The van der Waals surface area contributed by atoms with Crippen LogP contribution < -0.4 is 21.2 Å². The van der Waals surface area contributed by atoms with Crippen molar-refractivity contribution in [3.8, 4) is 0 Å². The first-order valence-corrected chi connectivity index (χ1v) is 15.3. The number of likely N-dealkylation sites (tertiary alicyclic amines) is 1. The van der Waals surface area contributed by atoms with Crippen molar-refractivity contribution in [2.24, 2.45) is 4.99 Å². The maximum Gasteiger partial charge on any atom is 0.338 e. The molecular formula is C36H35N5O3. The largest absolute Gasteiger partial charge is 0.462 e. The number of piperidine rings is 1. The number of para-hydroxylation sites is 3. The quantitative estimate of drug-likeness (QED) is 0.274. The van der Waals surface area contributed by atoms with Gasteiger partial charge in [0.15, 0.2) is 6.17 Å². The number of hydrogen-bond donors (Lipinski definition) is 1. The molecule has 1 N–H and O–H groups in total. The van der Waals surface area contributed by atoms with Crippen molar-refractivity contribution in [1.82, 2.24) is 14.5 Å². The van der Waals surface area contributed by atoms with Gasteiger partial charge in [-0.05, 0) is 73.4 Å². The van der Waals surface area contributed by atoms with Gasteiger partial charge in [-0.1, -0.05) is 54.6 Å². The molecule has 0 radical (unpaired) electrons. The van der Waals surface area contributed by atoms with Crippen molar-refractivity contribution in [2.75, 3.05) is 24.6 Å². The van der Waals surface area contributed by atoms with E-state index in [4.69, 9.17) is 9.73 Å². The summed E-state index contributed by atoms with van der Waals surface area (Å²) in [6.07, 6.45) is 3.72. The van der Waals surface area contributed by atoms with Gasteiger partial charge in [0.1, 0.15) is 0 Å². The van der Waals surface area contributed by atoms with Crippen LogP contribution in [-0.4, -0.2) is 40.1 Å². The molecule has 0 spiro atoms. The molecule has 0 amide bonds. The molecule has 1 aromatic heterocycles. The standard InChI is InChI=1S/C36H35N5O3/c1-2-44-35(42)27-16-17-31-28(22-27)24-40(29-8-4-3-5-9-29)34(37-31)26-14-12-25(13-15-26)23-39-20-18-30(19-21-39)41-33-11-7-6-10-32(33)38-36(41)43/h3-17,22,24,30,34H,2,18-21,23H2,1H3,(H,38,43). The minimum atomic E-state index is -0.330. The molecule has 0 aliphatic carbocycles. The van der Waals surface area contributed by atoms with Gasteiger partial charge < -0.3 is 14.6 Å². The Hall–Kier alpha value is -4.95.